The van der Waals surface area contributed by atoms with Crippen LogP contribution >= 0.6 is 0 Å². The van der Waals surface area contributed by atoms with E-state index in [1.807, 2.05) is 30.3 Å². The molecular weight excluding hydrogens is 438 g/mol. The highest BCUT2D eigenvalue weighted by Gasteiger charge is 2.34. The minimum absolute atomic E-state index is 0.147. The zero-order chi connectivity index (χ0) is 24.2. The number of methoxy groups -OCH3 is 3. The Hall–Kier alpha value is -4.66. The summed E-state index contributed by atoms with van der Waals surface area (Å²) in [5, 5.41) is 11.2. The minimum atomic E-state index is -0.521. The fraction of sp³-hybridized carbons (Fsp3) is 0.120. The summed E-state index contributed by atoms with van der Waals surface area (Å²) in [7, 11) is 4.47. The van der Waals surface area contributed by atoms with Crippen LogP contribution in [-0.4, -0.2) is 38.0 Å². The van der Waals surface area contributed by atoms with E-state index in [2.05, 4.69) is 4.99 Å². The lowest BCUT2D eigenvalue weighted by molar-refractivity contribution is -0.384. The number of carbonyl (C=O) groups excluding carboxylic acids is 1. The van der Waals surface area contributed by atoms with Gasteiger partial charge in [0.2, 0.25) is 0 Å². The standard InChI is InChI=1S/C25H21N3O6/c1-32-21-12-9-16(14-23(21)34-3)13-19-25(29)27(24(26-19)17-7-5-4-6-8-17)20-11-10-18(28(30)31)15-22(20)33-2/h4-15H,1-3H3/b19-13-. The third-order valence-electron chi connectivity index (χ3n) is 5.22. The molecule has 0 spiro atoms. The lowest BCUT2D eigenvalue weighted by atomic mass is 10.1. The number of non-ortho nitro benzene ring substituents is 1. The van der Waals surface area contributed by atoms with Gasteiger partial charge in [0.1, 0.15) is 17.3 Å². The van der Waals surface area contributed by atoms with Gasteiger partial charge in [-0.2, -0.15) is 0 Å². The number of nitro benzene ring substituents is 1. The van der Waals surface area contributed by atoms with Gasteiger partial charge in [-0.25, -0.2) is 4.99 Å². The molecule has 3 aromatic carbocycles. The minimum Gasteiger partial charge on any atom is -0.494 e. The molecule has 1 aliphatic rings. The highest BCUT2D eigenvalue weighted by molar-refractivity contribution is 6.33. The molecule has 1 aliphatic heterocycles. The number of hydrogen-bond acceptors (Lipinski definition) is 7. The smallest absolute Gasteiger partial charge is 0.282 e. The molecule has 3 aromatic rings. The van der Waals surface area contributed by atoms with Crippen LogP contribution in [0.5, 0.6) is 17.2 Å². The summed E-state index contributed by atoms with van der Waals surface area (Å²) in [6, 6.07) is 18.5. The quantitative estimate of drug-likeness (QED) is 0.294. The van der Waals surface area contributed by atoms with Gasteiger partial charge >= 0.3 is 0 Å². The molecule has 34 heavy (non-hydrogen) atoms. The van der Waals surface area contributed by atoms with Gasteiger partial charge in [-0.05, 0) is 29.8 Å². The normalized spacial score (nSPS) is 14.2. The third kappa shape index (κ3) is 4.18. The first kappa shape index (κ1) is 22.5. The van der Waals surface area contributed by atoms with Gasteiger partial charge in [-0.15, -0.1) is 0 Å². The summed E-state index contributed by atoms with van der Waals surface area (Å²) < 4.78 is 16.0. The number of rotatable bonds is 7. The van der Waals surface area contributed by atoms with Crippen LogP contribution in [0.1, 0.15) is 11.1 Å². The van der Waals surface area contributed by atoms with Crippen molar-refractivity contribution in [2.24, 2.45) is 4.99 Å². The summed E-state index contributed by atoms with van der Waals surface area (Å²) in [6.07, 6.45) is 1.64. The number of anilines is 1. The fourth-order valence-electron chi connectivity index (χ4n) is 3.59. The molecule has 0 bridgehead atoms. The molecule has 0 saturated carbocycles. The van der Waals surface area contributed by atoms with Crippen molar-refractivity contribution in [1.82, 2.24) is 0 Å². The SMILES string of the molecule is COc1ccc(/C=C2\N=C(c3ccccc3)N(c3ccc([N+](=O)[O-])cc3OC)C2=O)cc1OC. The topological polar surface area (TPSA) is 104 Å². The van der Waals surface area contributed by atoms with Crippen LogP contribution < -0.4 is 19.1 Å². The van der Waals surface area contributed by atoms with Crippen LogP contribution in [0.25, 0.3) is 6.08 Å². The molecule has 0 fully saturated rings. The molecule has 0 N–H and O–H groups in total. The molecule has 4 rings (SSSR count). The number of nitro groups is 1. The van der Waals surface area contributed by atoms with E-state index in [0.29, 0.717) is 34.1 Å². The summed E-state index contributed by atoms with van der Waals surface area (Å²) in [5.41, 5.74) is 1.77. The van der Waals surface area contributed by atoms with Crippen LogP contribution in [-0.2, 0) is 4.79 Å². The summed E-state index contributed by atoms with van der Waals surface area (Å²) >= 11 is 0. The molecule has 0 aliphatic carbocycles. The van der Waals surface area contributed by atoms with E-state index in [1.54, 1.807) is 31.4 Å². The molecule has 0 atom stereocenters. The van der Waals surface area contributed by atoms with Crippen molar-refractivity contribution in [3.63, 3.8) is 0 Å². The lowest BCUT2D eigenvalue weighted by Gasteiger charge is -2.20. The van der Waals surface area contributed by atoms with E-state index in [9.17, 15) is 14.9 Å². The molecule has 9 nitrogen and oxygen atoms in total. The van der Waals surface area contributed by atoms with Gasteiger partial charge in [0.25, 0.3) is 11.6 Å². The largest absolute Gasteiger partial charge is 0.494 e. The van der Waals surface area contributed by atoms with Crippen molar-refractivity contribution in [3.05, 3.63) is 93.7 Å². The number of aliphatic imine (C=N–C) groups is 1. The van der Waals surface area contributed by atoms with Crippen LogP contribution in [0.4, 0.5) is 11.4 Å². The highest BCUT2D eigenvalue weighted by atomic mass is 16.6. The zero-order valence-corrected chi connectivity index (χ0v) is 18.7. The van der Waals surface area contributed by atoms with Crippen molar-refractivity contribution in [3.8, 4) is 17.2 Å². The Morgan fingerprint density at radius 1 is 0.882 bits per heavy atom. The van der Waals surface area contributed by atoms with Crippen LogP contribution in [0.15, 0.2) is 77.4 Å². The maximum absolute atomic E-state index is 13.6. The van der Waals surface area contributed by atoms with Crippen molar-refractivity contribution in [2.45, 2.75) is 0 Å². The third-order valence-corrected chi connectivity index (χ3v) is 5.22. The number of carbonyl (C=O) groups is 1. The number of hydrogen-bond donors (Lipinski definition) is 0. The van der Waals surface area contributed by atoms with Crippen LogP contribution in [0, 0.1) is 10.1 Å². The Bertz CT molecular complexity index is 1320. The first-order chi connectivity index (χ1) is 16.5. The van der Waals surface area contributed by atoms with Gasteiger partial charge in [-0.1, -0.05) is 36.4 Å². The lowest BCUT2D eigenvalue weighted by Crippen LogP contribution is -2.33. The molecule has 0 saturated heterocycles. The van der Waals surface area contributed by atoms with E-state index in [-0.39, 0.29) is 17.1 Å². The van der Waals surface area contributed by atoms with Gasteiger partial charge < -0.3 is 14.2 Å². The number of nitrogens with zero attached hydrogens (tertiary/aromatic N) is 3. The van der Waals surface area contributed by atoms with E-state index < -0.39 is 10.8 Å². The average molecular weight is 459 g/mol. The predicted octanol–water partition coefficient (Wildman–Crippen LogP) is 4.46. The monoisotopic (exact) mass is 459 g/mol. The van der Waals surface area contributed by atoms with Gasteiger partial charge in [0, 0.05) is 11.6 Å². The molecule has 9 heteroatoms. The second-order valence-corrected chi connectivity index (χ2v) is 7.20. The maximum Gasteiger partial charge on any atom is 0.282 e. The van der Waals surface area contributed by atoms with Gasteiger partial charge in [0.15, 0.2) is 11.5 Å². The van der Waals surface area contributed by atoms with Crippen LogP contribution in [0.3, 0.4) is 0 Å². The Morgan fingerprint density at radius 3 is 2.24 bits per heavy atom. The predicted molar refractivity (Wildman–Crippen MR) is 128 cm³/mol. The molecule has 1 amide bonds. The second-order valence-electron chi connectivity index (χ2n) is 7.20. The Labute approximate surface area is 195 Å². The molecule has 0 unspecified atom stereocenters. The molecule has 172 valence electrons. The number of amides is 1. The van der Waals surface area contributed by atoms with Crippen molar-refractivity contribution >= 4 is 29.2 Å². The maximum atomic E-state index is 13.6. The average Bonchev–Trinajstić information content (AvgIpc) is 3.19. The van der Waals surface area contributed by atoms with Crippen molar-refractivity contribution in [1.29, 1.82) is 0 Å². The summed E-state index contributed by atoms with van der Waals surface area (Å²) in [4.78, 5) is 30.3. The Kier molecular flexibility index (Phi) is 6.26. The summed E-state index contributed by atoms with van der Waals surface area (Å²) in [5.74, 6) is 1.24. The van der Waals surface area contributed by atoms with E-state index >= 15 is 0 Å². The Balaban J connectivity index is 1.84. The van der Waals surface area contributed by atoms with Crippen LogP contribution in [0.2, 0.25) is 0 Å². The fourth-order valence-corrected chi connectivity index (χ4v) is 3.59. The highest BCUT2D eigenvalue weighted by Crippen LogP contribution is 2.37. The Morgan fingerprint density at radius 2 is 1.59 bits per heavy atom. The molecule has 0 radical (unpaired) electrons. The summed E-state index contributed by atoms with van der Waals surface area (Å²) in [6.45, 7) is 0. The molecule has 0 aromatic heterocycles. The van der Waals surface area contributed by atoms with E-state index in [1.165, 1.54) is 37.3 Å². The van der Waals surface area contributed by atoms with E-state index in [0.717, 1.165) is 0 Å². The number of benzene rings is 3. The van der Waals surface area contributed by atoms with Gasteiger partial charge in [0.05, 0.1) is 38.0 Å². The second kappa shape index (κ2) is 9.45. The number of ether oxygens (including phenoxy) is 3. The molecule has 1 heterocycles. The molecular formula is C25H21N3O6. The number of amidine groups is 1. The van der Waals surface area contributed by atoms with Crippen molar-refractivity contribution < 1.29 is 23.9 Å². The van der Waals surface area contributed by atoms with Gasteiger partial charge in [-0.3, -0.25) is 19.8 Å². The van der Waals surface area contributed by atoms with E-state index in [4.69, 9.17) is 14.2 Å². The zero-order valence-electron chi connectivity index (χ0n) is 18.7. The van der Waals surface area contributed by atoms with Crippen molar-refractivity contribution in [2.75, 3.05) is 26.2 Å². The first-order valence-electron chi connectivity index (χ1n) is 10.2. The first-order valence-corrected chi connectivity index (χ1v) is 10.2.